The Labute approximate surface area is 193 Å². The predicted molar refractivity (Wildman–Crippen MR) is 111 cm³/mol. The second kappa shape index (κ2) is 11.6. The molecule has 0 aliphatic carbocycles. The molecule has 180 valence electrons. The summed E-state index contributed by atoms with van der Waals surface area (Å²) in [7, 11) is 0. The Morgan fingerprint density at radius 2 is 1.39 bits per heavy atom. The number of rotatable bonds is 8. The van der Waals surface area contributed by atoms with Gasteiger partial charge in [0.05, 0.1) is 4.92 Å². The molecule has 0 bridgehead atoms. The zero-order chi connectivity index (χ0) is 24.7. The van der Waals surface area contributed by atoms with E-state index >= 15 is 0 Å². The topological polar surface area (TPSA) is 158 Å². The maximum Gasteiger partial charge on any atom is 0.303 e. The molecule has 0 amide bonds. The van der Waals surface area contributed by atoms with Crippen LogP contribution in [0.3, 0.4) is 0 Å². The molecule has 1 aliphatic heterocycles. The van der Waals surface area contributed by atoms with Gasteiger partial charge in [-0.1, -0.05) is 11.8 Å². The van der Waals surface area contributed by atoms with Gasteiger partial charge in [0, 0.05) is 44.7 Å². The van der Waals surface area contributed by atoms with E-state index in [4.69, 9.17) is 23.7 Å². The Bertz CT molecular complexity index is 904. The number of nitro benzene ring substituents is 1. The van der Waals surface area contributed by atoms with E-state index in [1.165, 1.54) is 31.2 Å². The quantitative estimate of drug-likeness (QED) is 0.228. The normalized spacial score (nSPS) is 24.3. The molecular weight excluding hydrogens is 462 g/mol. The number of benzene rings is 1. The minimum absolute atomic E-state index is 0.124. The Hall–Kier alpha value is -3.19. The van der Waals surface area contributed by atoms with Gasteiger partial charge in [0.15, 0.2) is 18.3 Å². The van der Waals surface area contributed by atoms with Crippen LogP contribution in [-0.2, 0) is 42.9 Å². The molecule has 0 aromatic heterocycles. The molecule has 12 nitrogen and oxygen atoms in total. The zero-order valence-corrected chi connectivity index (χ0v) is 19.1. The maximum atomic E-state index is 11.8. The highest BCUT2D eigenvalue weighted by Crippen LogP contribution is 2.38. The van der Waals surface area contributed by atoms with Crippen LogP contribution in [-0.4, -0.2) is 65.3 Å². The first-order chi connectivity index (χ1) is 15.5. The summed E-state index contributed by atoms with van der Waals surface area (Å²) in [6, 6.07) is 5.51. The first-order valence-corrected chi connectivity index (χ1v) is 10.6. The van der Waals surface area contributed by atoms with Crippen molar-refractivity contribution in [3.05, 3.63) is 34.4 Å². The molecule has 13 heteroatoms. The lowest BCUT2D eigenvalue weighted by Gasteiger charge is -2.44. The van der Waals surface area contributed by atoms with Crippen molar-refractivity contribution >= 4 is 41.3 Å². The van der Waals surface area contributed by atoms with Crippen molar-refractivity contribution in [3.8, 4) is 0 Å². The van der Waals surface area contributed by atoms with Crippen LogP contribution in [0.2, 0.25) is 0 Å². The van der Waals surface area contributed by atoms with Crippen molar-refractivity contribution in [1.29, 1.82) is 0 Å². The van der Waals surface area contributed by atoms with E-state index in [1.807, 2.05) is 0 Å². The van der Waals surface area contributed by atoms with Crippen molar-refractivity contribution in [1.82, 2.24) is 0 Å². The number of thioether (sulfide) groups is 1. The number of non-ortho nitro benzene ring substituents is 1. The molecule has 33 heavy (non-hydrogen) atoms. The van der Waals surface area contributed by atoms with Crippen molar-refractivity contribution in [3.63, 3.8) is 0 Å². The molecule has 0 saturated carbocycles. The largest absolute Gasteiger partial charge is 0.463 e. The van der Waals surface area contributed by atoms with Crippen LogP contribution < -0.4 is 0 Å². The summed E-state index contributed by atoms with van der Waals surface area (Å²) in [6.07, 6.45) is -4.81. The van der Waals surface area contributed by atoms with E-state index < -0.39 is 58.7 Å². The molecule has 5 atom stereocenters. The summed E-state index contributed by atoms with van der Waals surface area (Å²) in [6.45, 7) is 4.24. The van der Waals surface area contributed by atoms with Gasteiger partial charge >= 0.3 is 23.9 Å². The van der Waals surface area contributed by atoms with E-state index in [1.54, 1.807) is 0 Å². The van der Waals surface area contributed by atoms with Gasteiger partial charge in [-0.15, -0.1) is 0 Å². The molecule has 1 heterocycles. The average Bonchev–Trinajstić information content (AvgIpc) is 2.70. The van der Waals surface area contributed by atoms with Crippen molar-refractivity contribution in [2.75, 3.05) is 6.61 Å². The Kier molecular flexibility index (Phi) is 9.17. The number of hydrogen-bond donors (Lipinski definition) is 0. The van der Waals surface area contributed by atoms with Gasteiger partial charge in [-0.2, -0.15) is 0 Å². The first-order valence-electron chi connectivity index (χ1n) is 9.69. The highest BCUT2D eigenvalue weighted by atomic mass is 32.2. The number of nitrogens with zero attached hydrogens (tertiary/aromatic N) is 1. The van der Waals surface area contributed by atoms with Gasteiger partial charge in [-0.05, 0) is 12.1 Å². The van der Waals surface area contributed by atoms with Crippen LogP contribution in [0.15, 0.2) is 29.2 Å². The molecule has 1 fully saturated rings. The zero-order valence-electron chi connectivity index (χ0n) is 18.2. The summed E-state index contributed by atoms with van der Waals surface area (Å²) in [4.78, 5) is 57.5. The van der Waals surface area contributed by atoms with Crippen molar-refractivity contribution in [2.24, 2.45) is 0 Å². The number of nitro groups is 1. The van der Waals surface area contributed by atoms with Crippen LogP contribution in [0.1, 0.15) is 27.7 Å². The highest BCUT2D eigenvalue weighted by Gasteiger charge is 2.52. The van der Waals surface area contributed by atoms with E-state index in [9.17, 15) is 29.3 Å². The Morgan fingerprint density at radius 3 is 1.88 bits per heavy atom. The van der Waals surface area contributed by atoms with Crippen LogP contribution in [0.25, 0.3) is 0 Å². The molecule has 1 aromatic rings. The van der Waals surface area contributed by atoms with Crippen LogP contribution in [0.5, 0.6) is 0 Å². The third-order valence-corrected chi connectivity index (χ3v) is 5.40. The second-order valence-electron chi connectivity index (χ2n) is 6.94. The lowest BCUT2D eigenvalue weighted by molar-refractivity contribution is -0.384. The second-order valence-corrected chi connectivity index (χ2v) is 8.11. The number of carbonyl (C=O) groups excluding carboxylic acids is 4. The summed E-state index contributed by atoms with van der Waals surface area (Å²) in [5.41, 5.74) is -1.13. The van der Waals surface area contributed by atoms with Crippen LogP contribution in [0.4, 0.5) is 5.69 Å². The van der Waals surface area contributed by atoms with Crippen molar-refractivity contribution in [2.45, 2.75) is 62.4 Å². The van der Waals surface area contributed by atoms with Gasteiger partial charge in [-0.25, -0.2) is 0 Å². The summed E-state index contributed by atoms with van der Waals surface area (Å²) in [5.74, 6) is -2.79. The number of esters is 4. The fourth-order valence-electron chi connectivity index (χ4n) is 3.06. The molecule has 0 radical (unpaired) electrons. The van der Waals surface area contributed by atoms with E-state index in [0.717, 1.165) is 32.5 Å². The fraction of sp³-hybridized carbons (Fsp3) is 0.500. The first kappa shape index (κ1) is 26.1. The lowest BCUT2D eigenvalue weighted by atomic mass is 9.99. The molecule has 1 aromatic carbocycles. The third kappa shape index (κ3) is 7.71. The molecule has 2 rings (SSSR count). The minimum Gasteiger partial charge on any atom is -0.463 e. The van der Waals surface area contributed by atoms with Crippen molar-refractivity contribution < 1.29 is 47.8 Å². The van der Waals surface area contributed by atoms with Crippen LogP contribution >= 0.6 is 11.8 Å². The van der Waals surface area contributed by atoms with Gasteiger partial charge in [0.1, 0.15) is 18.1 Å². The van der Waals surface area contributed by atoms with E-state index in [-0.39, 0.29) is 12.3 Å². The third-order valence-electron chi connectivity index (χ3n) is 4.25. The minimum atomic E-state index is -1.28. The Balaban J connectivity index is 2.43. The number of hydrogen-bond acceptors (Lipinski definition) is 12. The lowest BCUT2D eigenvalue weighted by Crippen LogP contribution is -2.61. The molecule has 1 saturated heterocycles. The van der Waals surface area contributed by atoms with E-state index in [0.29, 0.717) is 4.90 Å². The van der Waals surface area contributed by atoms with Gasteiger partial charge < -0.3 is 23.7 Å². The standard InChI is InChI=1S/C20H23NO11S/c1-10(22)28-9-16-17(29-11(2)23)18(30-12(3)24)19(31-13(4)25)20(32-16)33-15-7-5-14(6-8-15)21(26)27/h5-8,16-20H,9H2,1-4H3/t16-,17-,18+,19-,20+/m1/s1. The SMILES string of the molecule is CC(=O)OC[C@H]1O[C@@H](Sc2ccc([N+](=O)[O-])cc2)[C@H](OC(C)=O)[C@@H](OC(C)=O)[C@@H]1OC(C)=O. The van der Waals surface area contributed by atoms with Gasteiger partial charge in [0.2, 0.25) is 0 Å². The maximum absolute atomic E-state index is 11.8. The Morgan fingerprint density at radius 1 is 0.879 bits per heavy atom. The summed E-state index contributed by atoms with van der Waals surface area (Å²) < 4.78 is 27.0. The number of carbonyl (C=O) groups is 4. The molecule has 0 unspecified atom stereocenters. The highest BCUT2D eigenvalue weighted by molar-refractivity contribution is 7.99. The summed E-state index contributed by atoms with van der Waals surface area (Å²) in [5, 5.41) is 10.9. The summed E-state index contributed by atoms with van der Waals surface area (Å²) >= 11 is 1.03. The van der Waals surface area contributed by atoms with E-state index in [2.05, 4.69) is 0 Å². The molecule has 0 spiro atoms. The van der Waals surface area contributed by atoms with Gasteiger partial charge in [-0.3, -0.25) is 29.3 Å². The van der Waals surface area contributed by atoms with Crippen LogP contribution in [0, 0.1) is 10.1 Å². The number of ether oxygens (including phenoxy) is 5. The predicted octanol–water partition coefficient (Wildman–Crippen LogP) is 1.77. The molecular formula is C20H23NO11S. The fourth-order valence-corrected chi connectivity index (χ4v) is 4.17. The van der Waals surface area contributed by atoms with Gasteiger partial charge in [0.25, 0.3) is 5.69 Å². The monoisotopic (exact) mass is 485 g/mol. The average molecular weight is 485 g/mol. The molecule has 1 aliphatic rings. The molecule has 0 N–H and O–H groups in total. The smallest absolute Gasteiger partial charge is 0.303 e.